The van der Waals surface area contributed by atoms with Crippen molar-refractivity contribution in [1.29, 1.82) is 0 Å². The molecular formula is C12H27O2P. The second-order valence-electron chi connectivity index (χ2n) is 4.09. The molecule has 0 saturated heterocycles. The Balaban J connectivity index is 3.10. The Bertz CT molecular complexity index is 149. The summed E-state index contributed by atoms with van der Waals surface area (Å²) in [6.45, 7) is 5.03. The molecule has 0 rings (SSSR count). The van der Waals surface area contributed by atoms with Gasteiger partial charge in [-0.2, -0.15) is 0 Å². The Hall–Kier alpha value is 0.190. The van der Waals surface area contributed by atoms with Gasteiger partial charge >= 0.3 is 0 Å². The monoisotopic (exact) mass is 234 g/mol. The van der Waals surface area contributed by atoms with E-state index in [0.717, 1.165) is 25.4 Å². The van der Waals surface area contributed by atoms with E-state index in [0.29, 0.717) is 6.61 Å². The maximum absolute atomic E-state index is 11.4. The molecule has 15 heavy (non-hydrogen) atoms. The zero-order chi connectivity index (χ0) is 11.4. The quantitative estimate of drug-likeness (QED) is 0.384. The molecule has 0 radical (unpaired) electrons. The van der Waals surface area contributed by atoms with E-state index in [9.17, 15) is 4.57 Å². The largest absolute Gasteiger partial charge is 0.330 e. The van der Waals surface area contributed by atoms with Gasteiger partial charge in [0, 0.05) is 6.16 Å². The van der Waals surface area contributed by atoms with Crippen LogP contribution in [0.1, 0.15) is 65.2 Å². The summed E-state index contributed by atoms with van der Waals surface area (Å²) in [5.41, 5.74) is 0. The van der Waals surface area contributed by atoms with Crippen molar-refractivity contribution in [3.8, 4) is 0 Å². The van der Waals surface area contributed by atoms with Gasteiger partial charge in [0.15, 0.2) is 8.03 Å². The molecule has 0 heterocycles. The summed E-state index contributed by atoms with van der Waals surface area (Å²) in [6.07, 6.45) is 10.5. The molecule has 0 aliphatic heterocycles. The van der Waals surface area contributed by atoms with Crippen LogP contribution in [0, 0.1) is 0 Å². The molecule has 0 bridgehead atoms. The third-order valence-electron chi connectivity index (χ3n) is 2.50. The molecule has 0 amide bonds. The maximum atomic E-state index is 11.4. The number of rotatable bonds is 11. The van der Waals surface area contributed by atoms with Crippen LogP contribution in [-0.2, 0) is 9.09 Å². The lowest BCUT2D eigenvalue weighted by Crippen LogP contribution is -1.88. The van der Waals surface area contributed by atoms with E-state index in [1.54, 1.807) is 0 Å². The van der Waals surface area contributed by atoms with Gasteiger partial charge in [0.05, 0.1) is 6.61 Å². The van der Waals surface area contributed by atoms with Gasteiger partial charge in [-0.3, -0.25) is 4.57 Å². The topological polar surface area (TPSA) is 26.3 Å². The summed E-state index contributed by atoms with van der Waals surface area (Å²) in [6, 6.07) is 0. The minimum Gasteiger partial charge on any atom is -0.330 e. The SMILES string of the molecule is CCCCCCCC[PH](=O)OCCCC. The van der Waals surface area contributed by atoms with Crippen molar-refractivity contribution in [2.75, 3.05) is 12.8 Å². The predicted octanol–water partition coefficient (Wildman–Crippen LogP) is 4.64. The molecule has 0 aromatic carbocycles. The van der Waals surface area contributed by atoms with Crippen LogP contribution in [0.3, 0.4) is 0 Å². The highest BCUT2D eigenvalue weighted by Crippen LogP contribution is 2.24. The Morgan fingerprint density at radius 3 is 2.13 bits per heavy atom. The van der Waals surface area contributed by atoms with Gasteiger partial charge in [0.25, 0.3) is 0 Å². The van der Waals surface area contributed by atoms with Crippen LogP contribution in [0.4, 0.5) is 0 Å². The van der Waals surface area contributed by atoms with E-state index < -0.39 is 8.03 Å². The molecule has 0 aromatic rings. The number of hydrogen-bond acceptors (Lipinski definition) is 2. The molecule has 92 valence electrons. The fraction of sp³-hybridized carbons (Fsp3) is 1.00. The normalized spacial score (nSPS) is 12.9. The highest BCUT2D eigenvalue weighted by atomic mass is 31.1. The van der Waals surface area contributed by atoms with E-state index in [-0.39, 0.29) is 0 Å². The molecule has 0 aromatic heterocycles. The molecule has 0 aliphatic rings. The van der Waals surface area contributed by atoms with Gasteiger partial charge in [-0.15, -0.1) is 0 Å². The minimum atomic E-state index is -1.70. The molecule has 3 heteroatoms. The third kappa shape index (κ3) is 12.1. The van der Waals surface area contributed by atoms with Crippen LogP contribution >= 0.6 is 8.03 Å². The van der Waals surface area contributed by atoms with E-state index in [1.807, 2.05) is 0 Å². The molecule has 0 fully saturated rings. The van der Waals surface area contributed by atoms with Crippen LogP contribution in [0.25, 0.3) is 0 Å². The Morgan fingerprint density at radius 1 is 0.867 bits per heavy atom. The van der Waals surface area contributed by atoms with Crippen molar-refractivity contribution >= 4 is 8.03 Å². The van der Waals surface area contributed by atoms with Crippen LogP contribution in [-0.4, -0.2) is 12.8 Å². The molecule has 1 unspecified atom stereocenters. The zero-order valence-corrected chi connectivity index (χ0v) is 11.4. The maximum Gasteiger partial charge on any atom is 0.191 e. The summed E-state index contributed by atoms with van der Waals surface area (Å²) >= 11 is 0. The summed E-state index contributed by atoms with van der Waals surface area (Å²) in [5.74, 6) is 0. The lowest BCUT2D eigenvalue weighted by molar-refractivity contribution is 0.320. The van der Waals surface area contributed by atoms with Crippen molar-refractivity contribution in [3.63, 3.8) is 0 Å². The molecule has 0 aliphatic carbocycles. The summed E-state index contributed by atoms with van der Waals surface area (Å²) in [7, 11) is -1.70. The molecule has 0 saturated carbocycles. The second kappa shape index (κ2) is 12.3. The standard InChI is InChI=1S/C12H27O2P/c1-3-5-7-8-9-10-12-15(13)14-11-6-4-2/h15H,3-12H2,1-2H3. The molecule has 0 spiro atoms. The van der Waals surface area contributed by atoms with Crippen molar-refractivity contribution < 1.29 is 9.09 Å². The number of unbranched alkanes of at least 4 members (excludes halogenated alkanes) is 6. The Labute approximate surface area is 95.7 Å². The summed E-state index contributed by atoms with van der Waals surface area (Å²) in [5, 5.41) is 0. The first-order chi connectivity index (χ1) is 7.31. The Kier molecular flexibility index (Phi) is 12.4. The highest BCUT2D eigenvalue weighted by Gasteiger charge is 1.99. The summed E-state index contributed by atoms with van der Waals surface area (Å²) < 4.78 is 16.6. The van der Waals surface area contributed by atoms with Gasteiger partial charge in [0.2, 0.25) is 0 Å². The molecule has 0 N–H and O–H groups in total. The van der Waals surface area contributed by atoms with Crippen LogP contribution in [0.2, 0.25) is 0 Å². The second-order valence-corrected chi connectivity index (χ2v) is 5.62. The summed E-state index contributed by atoms with van der Waals surface area (Å²) in [4.78, 5) is 0. The lowest BCUT2D eigenvalue weighted by Gasteiger charge is -2.03. The average molecular weight is 234 g/mol. The predicted molar refractivity (Wildman–Crippen MR) is 68.1 cm³/mol. The van der Waals surface area contributed by atoms with Crippen molar-refractivity contribution in [2.45, 2.75) is 65.2 Å². The molecule has 2 nitrogen and oxygen atoms in total. The Morgan fingerprint density at radius 2 is 1.47 bits per heavy atom. The van der Waals surface area contributed by atoms with Crippen molar-refractivity contribution in [1.82, 2.24) is 0 Å². The van der Waals surface area contributed by atoms with E-state index in [4.69, 9.17) is 4.52 Å². The van der Waals surface area contributed by atoms with Crippen molar-refractivity contribution in [3.05, 3.63) is 0 Å². The van der Waals surface area contributed by atoms with Gasteiger partial charge in [-0.1, -0.05) is 52.4 Å². The highest BCUT2D eigenvalue weighted by molar-refractivity contribution is 7.39. The van der Waals surface area contributed by atoms with Crippen LogP contribution in [0.5, 0.6) is 0 Å². The zero-order valence-electron chi connectivity index (χ0n) is 10.4. The smallest absolute Gasteiger partial charge is 0.191 e. The van der Waals surface area contributed by atoms with E-state index >= 15 is 0 Å². The van der Waals surface area contributed by atoms with Crippen LogP contribution in [0.15, 0.2) is 0 Å². The van der Waals surface area contributed by atoms with E-state index in [2.05, 4.69) is 13.8 Å². The van der Waals surface area contributed by atoms with Crippen LogP contribution < -0.4 is 0 Å². The first-order valence-corrected chi connectivity index (χ1v) is 7.99. The average Bonchev–Trinajstić information content (AvgIpc) is 2.23. The van der Waals surface area contributed by atoms with Gasteiger partial charge in [-0.05, 0) is 12.8 Å². The third-order valence-corrected chi connectivity index (χ3v) is 3.78. The molecule has 1 atom stereocenters. The fourth-order valence-corrected chi connectivity index (χ4v) is 2.51. The van der Waals surface area contributed by atoms with Gasteiger partial charge in [0.1, 0.15) is 0 Å². The lowest BCUT2D eigenvalue weighted by atomic mass is 10.1. The molecular weight excluding hydrogens is 207 g/mol. The first-order valence-electron chi connectivity index (χ1n) is 6.46. The van der Waals surface area contributed by atoms with E-state index in [1.165, 1.54) is 32.1 Å². The number of hydrogen-bond donors (Lipinski definition) is 0. The first kappa shape index (κ1) is 15.2. The van der Waals surface area contributed by atoms with Crippen molar-refractivity contribution in [2.24, 2.45) is 0 Å². The minimum absolute atomic E-state index is 0.685. The van der Waals surface area contributed by atoms with Gasteiger partial charge in [-0.25, -0.2) is 0 Å². The van der Waals surface area contributed by atoms with Gasteiger partial charge < -0.3 is 4.52 Å². The fourth-order valence-electron chi connectivity index (χ4n) is 1.45.